The van der Waals surface area contributed by atoms with E-state index in [-0.39, 0.29) is 6.17 Å². The van der Waals surface area contributed by atoms with Gasteiger partial charge >= 0.3 is 0 Å². The highest BCUT2D eigenvalue weighted by Crippen LogP contribution is 2.09. The number of piperidine rings is 1. The van der Waals surface area contributed by atoms with Crippen LogP contribution in [0.2, 0.25) is 0 Å². The van der Waals surface area contributed by atoms with Crippen molar-refractivity contribution in [2.45, 2.75) is 25.4 Å². The van der Waals surface area contributed by atoms with Crippen LogP contribution in [0.15, 0.2) is 12.7 Å². The molecule has 1 rings (SSSR count). The first kappa shape index (κ1) is 7.76. The first-order valence-electron chi connectivity index (χ1n) is 3.97. The van der Waals surface area contributed by atoms with Crippen molar-refractivity contribution in [3.63, 3.8) is 0 Å². The molecule has 1 aliphatic heterocycles. The summed E-state index contributed by atoms with van der Waals surface area (Å²) in [5, 5.41) is 0. The van der Waals surface area contributed by atoms with Crippen molar-refractivity contribution >= 4 is 0 Å². The van der Waals surface area contributed by atoms with Gasteiger partial charge in [0.15, 0.2) is 0 Å². The van der Waals surface area contributed by atoms with Gasteiger partial charge in [-0.3, -0.25) is 4.90 Å². The van der Waals surface area contributed by atoms with Crippen LogP contribution in [0.25, 0.3) is 0 Å². The van der Waals surface area contributed by atoms with Gasteiger partial charge in [0, 0.05) is 0 Å². The Morgan fingerprint density at radius 2 is 1.90 bits per heavy atom. The van der Waals surface area contributed by atoms with Gasteiger partial charge in [0.2, 0.25) is 0 Å². The van der Waals surface area contributed by atoms with Crippen LogP contribution >= 0.6 is 0 Å². The summed E-state index contributed by atoms with van der Waals surface area (Å²) in [4.78, 5) is 2.27. The lowest BCUT2D eigenvalue weighted by Crippen LogP contribution is -2.43. The van der Waals surface area contributed by atoms with Gasteiger partial charge in [-0.05, 0) is 25.9 Å². The third kappa shape index (κ3) is 1.82. The average Bonchev–Trinajstić information content (AvgIpc) is 2.05. The lowest BCUT2D eigenvalue weighted by atomic mass is 10.1. The zero-order valence-corrected chi connectivity index (χ0v) is 6.42. The Morgan fingerprint density at radius 3 is 2.40 bits per heavy atom. The molecule has 1 fully saturated rings. The quantitative estimate of drug-likeness (QED) is 0.578. The Bertz CT molecular complexity index is 106. The summed E-state index contributed by atoms with van der Waals surface area (Å²) in [6.07, 6.45) is 5.84. The predicted octanol–water partition coefficient (Wildman–Crippen LogP) is 0.943. The largest absolute Gasteiger partial charge is 0.312 e. The number of hydrogen-bond acceptors (Lipinski definition) is 2. The Morgan fingerprint density at radius 1 is 1.30 bits per heavy atom. The third-order valence-electron chi connectivity index (χ3n) is 2.05. The van der Waals surface area contributed by atoms with E-state index in [2.05, 4.69) is 11.5 Å². The minimum atomic E-state index is 0.0836. The fraction of sp³-hybridized carbons (Fsp3) is 0.750. The Hall–Kier alpha value is -0.340. The summed E-state index contributed by atoms with van der Waals surface area (Å²) in [5.74, 6) is 0. The van der Waals surface area contributed by atoms with Crippen molar-refractivity contribution < 1.29 is 0 Å². The molecule has 1 aliphatic rings. The van der Waals surface area contributed by atoms with Gasteiger partial charge in [0.25, 0.3) is 0 Å². The Balaban J connectivity index is 2.30. The van der Waals surface area contributed by atoms with E-state index in [9.17, 15) is 0 Å². The maximum atomic E-state index is 5.76. The predicted molar refractivity (Wildman–Crippen MR) is 43.6 cm³/mol. The molecular formula is C8H16N2. The lowest BCUT2D eigenvalue weighted by molar-refractivity contribution is 0.194. The summed E-state index contributed by atoms with van der Waals surface area (Å²) >= 11 is 0. The highest BCUT2D eigenvalue weighted by atomic mass is 15.2. The standard InChI is InChI=1S/C8H16N2/c1-2-8(9)10-6-4-3-5-7-10/h2,8H,1,3-7,9H2. The zero-order valence-electron chi connectivity index (χ0n) is 6.42. The summed E-state index contributed by atoms with van der Waals surface area (Å²) in [6.45, 7) is 5.96. The second kappa shape index (κ2) is 3.74. The van der Waals surface area contributed by atoms with Crippen LogP contribution in [0.4, 0.5) is 0 Å². The van der Waals surface area contributed by atoms with Gasteiger partial charge in [-0.1, -0.05) is 12.5 Å². The molecule has 0 aromatic heterocycles. The van der Waals surface area contributed by atoms with Gasteiger partial charge in [0.1, 0.15) is 0 Å². The van der Waals surface area contributed by atoms with Crippen LogP contribution in [0.5, 0.6) is 0 Å². The molecule has 1 unspecified atom stereocenters. The molecule has 0 saturated carbocycles. The van der Waals surface area contributed by atoms with E-state index in [1.165, 1.54) is 19.3 Å². The molecule has 1 heterocycles. The molecule has 0 aromatic carbocycles. The van der Waals surface area contributed by atoms with Crippen molar-refractivity contribution in [3.8, 4) is 0 Å². The highest BCUT2D eigenvalue weighted by molar-refractivity contribution is 4.83. The maximum Gasteiger partial charge on any atom is 0.0761 e. The molecule has 10 heavy (non-hydrogen) atoms. The zero-order chi connectivity index (χ0) is 7.40. The van der Waals surface area contributed by atoms with E-state index in [0.717, 1.165) is 13.1 Å². The number of nitrogens with two attached hydrogens (primary N) is 1. The van der Waals surface area contributed by atoms with E-state index in [1.54, 1.807) is 0 Å². The van der Waals surface area contributed by atoms with E-state index in [4.69, 9.17) is 5.73 Å². The van der Waals surface area contributed by atoms with Crippen LogP contribution in [-0.4, -0.2) is 24.2 Å². The number of nitrogens with zero attached hydrogens (tertiary/aromatic N) is 1. The summed E-state index contributed by atoms with van der Waals surface area (Å²) in [7, 11) is 0. The highest BCUT2D eigenvalue weighted by Gasteiger charge is 2.13. The molecule has 58 valence electrons. The van der Waals surface area contributed by atoms with Crippen molar-refractivity contribution in [1.29, 1.82) is 0 Å². The Labute approximate surface area is 62.7 Å². The van der Waals surface area contributed by atoms with E-state index in [0.29, 0.717) is 0 Å². The van der Waals surface area contributed by atoms with Crippen molar-refractivity contribution in [2.24, 2.45) is 5.73 Å². The van der Waals surface area contributed by atoms with Gasteiger partial charge in [-0.15, -0.1) is 6.58 Å². The minimum absolute atomic E-state index is 0.0836. The molecule has 0 spiro atoms. The molecule has 2 nitrogen and oxygen atoms in total. The van der Waals surface area contributed by atoms with Crippen molar-refractivity contribution in [1.82, 2.24) is 4.90 Å². The van der Waals surface area contributed by atoms with Crippen LogP contribution in [0.1, 0.15) is 19.3 Å². The minimum Gasteiger partial charge on any atom is -0.312 e. The van der Waals surface area contributed by atoms with E-state index < -0.39 is 0 Å². The van der Waals surface area contributed by atoms with Gasteiger partial charge in [-0.25, -0.2) is 0 Å². The third-order valence-corrected chi connectivity index (χ3v) is 2.05. The lowest BCUT2D eigenvalue weighted by Gasteiger charge is -2.29. The van der Waals surface area contributed by atoms with Gasteiger partial charge < -0.3 is 5.73 Å². The topological polar surface area (TPSA) is 29.3 Å². The average molecular weight is 140 g/mol. The van der Waals surface area contributed by atoms with Crippen LogP contribution in [0, 0.1) is 0 Å². The van der Waals surface area contributed by atoms with Crippen molar-refractivity contribution in [2.75, 3.05) is 13.1 Å². The van der Waals surface area contributed by atoms with E-state index in [1.807, 2.05) is 6.08 Å². The number of rotatable bonds is 2. The fourth-order valence-corrected chi connectivity index (χ4v) is 1.37. The number of hydrogen-bond donors (Lipinski definition) is 1. The van der Waals surface area contributed by atoms with Gasteiger partial charge in [-0.2, -0.15) is 0 Å². The monoisotopic (exact) mass is 140 g/mol. The SMILES string of the molecule is C=CC(N)N1CCCCC1. The molecule has 0 aliphatic carbocycles. The first-order chi connectivity index (χ1) is 4.84. The molecule has 2 heteroatoms. The first-order valence-corrected chi connectivity index (χ1v) is 3.97. The second-order valence-electron chi connectivity index (χ2n) is 2.82. The fourth-order valence-electron chi connectivity index (χ4n) is 1.37. The normalized spacial score (nSPS) is 24.1. The molecule has 1 saturated heterocycles. The number of likely N-dealkylation sites (tertiary alicyclic amines) is 1. The maximum absolute atomic E-state index is 5.76. The van der Waals surface area contributed by atoms with Crippen LogP contribution in [0.3, 0.4) is 0 Å². The Kier molecular flexibility index (Phi) is 2.90. The summed E-state index contributed by atoms with van der Waals surface area (Å²) in [6, 6.07) is 0. The molecule has 0 amide bonds. The smallest absolute Gasteiger partial charge is 0.0761 e. The van der Waals surface area contributed by atoms with Crippen molar-refractivity contribution in [3.05, 3.63) is 12.7 Å². The molecule has 0 radical (unpaired) electrons. The summed E-state index contributed by atoms with van der Waals surface area (Å²) in [5.41, 5.74) is 5.76. The van der Waals surface area contributed by atoms with Crippen LogP contribution in [-0.2, 0) is 0 Å². The van der Waals surface area contributed by atoms with Gasteiger partial charge in [0.05, 0.1) is 6.17 Å². The molecule has 2 N–H and O–H groups in total. The molecule has 0 bridgehead atoms. The second-order valence-corrected chi connectivity index (χ2v) is 2.82. The molecular weight excluding hydrogens is 124 g/mol. The van der Waals surface area contributed by atoms with E-state index >= 15 is 0 Å². The summed E-state index contributed by atoms with van der Waals surface area (Å²) < 4.78 is 0. The van der Waals surface area contributed by atoms with Crippen LogP contribution < -0.4 is 5.73 Å². The molecule has 0 aromatic rings. The molecule has 1 atom stereocenters.